The summed E-state index contributed by atoms with van der Waals surface area (Å²) < 4.78 is 2.08. The Bertz CT molecular complexity index is 1180. The summed E-state index contributed by atoms with van der Waals surface area (Å²) >= 11 is 1.30. The van der Waals surface area contributed by atoms with Crippen LogP contribution in [-0.4, -0.2) is 19.3 Å². The van der Waals surface area contributed by atoms with Crippen molar-refractivity contribution in [2.24, 2.45) is 0 Å². The standard InChI is InChI=1S/C17H10N4O3S/c22-16-15(9-11-5-7-18-8-6-11)25-17-19-14(10-20(16)17)12-1-3-13(4-2-12)21(23)24/h1-10H. The number of imidazole rings is 1. The number of aromatic nitrogens is 3. The summed E-state index contributed by atoms with van der Waals surface area (Å²) in [7, 11) is 0. The number of thiazole rings is 1. The molecule has 0 spiro atoms. The molecule has 0 aliphatic heterocycles. The molecule has 122 valence electrons. The SMILES string of the molecule is O=c1c(=Cc2ccncc2)sc2nc(-c3ccc([N+](=O)[O-])cc3)cn12. The fourth-order valence-electron chi connectivity index (χ4n) is 2.44. The molecule has 8 heteroatoms. The predicted octanol–water partition coefficient (Wildman–Crippen LogP) is 2.27. The molecule has 3 heterocycles. The lowest BCUT2D eigenvalue weighted by Crippen LogP contribution is -2.22. The van der Waals surface area contributed by atoms with Gasteiger partial charge in [0.15, 0.2) is 4.96 Å². The van der Waals surface area contributed by atoms with E-state index in [1.54, 1.807) is 36.8 Å². The van der Waals surface area contributed by atoms with E-state index in [9.17, 15) is 14.9 Å². The Kier molecular flexibility index (Phi) is 3.58. The number of fused-ring (bicyclic) bond motifs is 1. The predicted molar refractivity (Wildman–Crippen MR) is 94.5 cm³/mol. The van der Waals surface area contributed by atoms with Gasteiger partial charge in [-0.25, -0.2) is 4.98 Å². The molecule has 0 unspecified atom stereocenters. The van der Waals surface area contributed by atoms with Crippen LogP contribution in [0.5, 0.6) is 0 Å². The topological polar surface area (TPSA) is 90.4 Å². The average Bonchev–Trinajstić information content (AvgIpc) is 3.16. The highest BCUT2D eigenvalue weighted by molar-refractivity contribution is 7.15. The smallest absolute Gasteiger partial charge is 0.267 e. The second kappa shape index (κ2) is 5.91. The minimum Gasteiger partial charge on any atom is -0.267 e. The molecule has 0 aliphatic rings. The second-order valence-corrected chi connectivity index (χ2v) is 6.29. The molecule has 0 radical (unpaired) electrons. The van der Waals surface area contributed by atoms with Crippen LogP contribution in [0.15, 0.2) is 59.8 Å². The van der Waals surface area contributed by atoms with Crippen LogP contribution in [0, 0.1) is 10.1 Å². The van der Waals surface area contributed by atoms with E-state index < -0.39 is 4.92 Å². The quantitative estimate of drug-likeness (QED) is 0.418. The number of hydrogen-bond acceptors (Lipinski definition) is 6. The molecular formula is C17H10N4O3S. The van der Waals surface area contributed by atoms with Crippen LogP contribution in [0.2, 0.25) is 0 Å². The lowest BCUT2D eigenvalue weighted by atomic mass is 10.1. The normalized spacial score (nSPS) is 11.9. The van der Waals surface area contributed by atoms with Gasteiger partial charge in [0.25, 0.3) is 11.2 Å². The zero-order chi connectivity index (χ0) is 17.4. The van der Waals surface area contributed by atoms with Crippen LogP contribution in [0.25, 0.3) is 22.3 Å². The zero-order valence-corrected chi connectivity index (χ0v) is 13.5. The van der Waals surface area contributed by atoms with Crippen molar-refractivity contribution in [2.45, 2.75) is 0 Å². The van der Waals surface area contributed by atoms with E-state index >= 15 is 0 Å². The van der Waals surface area contributed by atoms with Gasteiger partial charge in [-0.2, -0.15) is 0 Å². The third-order valence-electron chi connectivity index (χ3n) is 3.68. The van der Waals surface area contributed by atoms with Gasteiger partial charge in [0, 0.05) is 36.3 Å². The number of rotatable bonds is 3. The number of benzene rings is 1. The van der Waals surface area contributed by atoms with E-state index in [1.165, 1.54) is 27.9 Å². The first-order valence-corrected chi connectivity index (χ1v) is 8.12. The molecular weight excluding hydrogens is 340 g/mol. The van der Waals surface area contributed by atoms with Gasteiger partial charge in [0.05, 0.1) is 15.1 Å². The molecule has 0 N–H and O–H groups in total. The number of nitrogens with zero attached hydrogens (tertiary/aromatic N) is 4. The summed E-state index contributed by atoms with van der Waals surface area (Å²) in [6.07, 6.45) is 6.79. The van der Waals surface area contributed by atoms with E-state index in [-0.39, 0.29) is 11.2 Å². The zero-order valence-electron chi connectivity index (χ0n) is 12.7. The number of non-ortho nitro benzene ring substituents is 1. The summed E-state index contributed by atoms with van der Waals surface area (Å²) in [5.74, 6) is 0. The maximum atomic E-state index is 12.5. The van der Waals surface area contributed by atoms with Gasteiger partial charge < -0.3 is 0 Å². The molecule has 0 saturated carbocycles. The van der Waals surface area contributed by atoms with Crippen LogP contribution < -0.4 is 10.1 Å². The van der Waals surface area contributed by atoms with Crippen LogP contribution in [-0.2, 0) is 0 Å². The molecule has 3 aromatic heterocycles. The van der Waals surface area contributed by atoms with Crippen LogP contribution in [0.1, 0.15) is 5.56 Å². The lowest BCUT2D eigenvalue weighted by molar-refractivity contribution is -0.384. The lowest BCUT2D eigenvalue weighted by Gasteiger charge is -1.95. The Morgan fingerprint density at radius 3 is 2.48 bits per heavy atom. The summed E-state index contributed by atoms with van der Waals surface area (Å²) in [4.78, 5) is 31.8. The van der Waals surface area contributed by atoms with Crippen molar-refractivity contribution >= 4 is 28.1 Å². The van der Waals surface area contributed by atoms with E-state index in [4.69, 9.17) is 0 Å². The Labute approximate surface area is 144 Å². The minimum absolute atomic E-state index is 0.0172. The number of pyridine rings is 1. The molecule has 1 aromatic carbocycles. The largest absolute Gasteiger partial charge is 0.274 e. The van der Waals surface area contributed by atoms with E-state index in [0.29, 0.717) is 15.2 Å². The highest BCUT2D eigenvalue weighted by Crippen LogP contribution is 2.22. The molecule has 4 aromatic rings. The van der Waals surface area contributed by atoms with Crippen molar-refractivity contribution in [3.05, 3.63) is 85.6 Å². The van der Waals surface area contributed by atoms with Gasteiger partial charge in [-0.05, 0) is 35.9 Å². The molecule has 0 fully saturated rings. The van der Waals surface area contributed by atoms with Gasteiger partial charge >= 0.3 is 0 Å². The van der Waals surface area contributed by atoms with Crippen molar-refractivity contribution in [3.8, 4) is 11.3 Å². The third-order valence-corrected chi connectivity index (χ3v) is 4.67. The van der Waals surface area contributed by atoms with Crippen LogP contribution in [0.3, 0.4) is 0 Å². The Hall–Kier alpha value is -3.39. The van der Waals surface area contributed by atoms with E-state index in [1.807, 2.05) is 12.1 Å². The minimum atomic E-state index is -0.452. The van der Waals surface area contributed by atoms with Gasteiger partial charge in [0.2, 0.25) is 0 Å². The summed E-state index contributed by atoms with van der Waals surface area (Å²) in [6, 6.07) is 9.74. The maximum Gasteiger partial charge on any atom is 0.274 e. The van der Waals surface area contributed by atoms with Crippen molar-refractivity contribution < 1.29 is 4.92 Å². The molecule has 0 saturated heterocycles. The molecule has 0 bridgehead atoms. The number of nitro benzene ring substituents is 1. The summed E-state index contributed by atoms with van der Waals surface area (Å²) in [5, 5.41) is 10.7. The number of hydrogen-bond donors (Lipinski definition) is 0. The van der Waals surface area contributed by atoms with E-state index in [2.05, 4.69) is 9.97 Å². The van der Waals surface area contributed by atoms with Gasteiger partial charge in [-0.15, -0.1) is 0 Å². The fourth-order valence-corrected chi connectivity index (χ4v) is 3.39. The second-order valence-electron chi connectivity index (χ2n) is 5.28. The van der Waals surface area contributed by atoms with Crippen LogP contribution >= 0.6 is 11.3 Å². The Morgan fingerprint density at radius 1 is 1.12 bits per heavy atom. The first-order valence-electron chi connectivity index (χ1n) is 7.30. The van der Waals surface area contributed by atoms with Crippen molar-refractivity contribution in [2.75, 3.05) is 0 Å². The van der Waals surface area contributed by atoms with Crippen molar-refractivity contribution in [1.82, 2.24) is 14.4 Å². The molecule has 0 atom stereocenters. The first kappa shape index (κ1) is 15.2. The van der Waals surface area contributed by atoms with Gasteiger partial charge in [-0.3, -0.25) is 24.3 Å². The highest BCUT2D eigenvalue weighted by Gasteiger charge is 2.11. The van der Waals surface area contributed by atoms with Gasteiger partial charge in [-0.1, -0.05) is 11.3 Å². The Balaban J connectivity index is 1.76. The summed E-state index contributed by atoms with van der Waals surface area (Å²) in [5.41, 5.74) is 2.10. The molecule has 4 rings (SSSR count). The summed E-state index contributed by atoms with van der Waals surface area (Å²) in [6.45, 7) is 0. The van der Waals surface area contributed by atoms with E-state index in [0.717, 1.165) is 11.1 Å². The fraction of sp³-hybridized carbons (Fsp3) is 0. The molecule has 0 amide bonds. The van der Waals surface area contributed by atoms with Crippen molar-refractivity contribution in [3.63, 3.8) is 0 Å². The highest BCUT2D eigenvalue weighted by atomic mass is 32.1. The average molecular weight is 350 g/mol. The third kappa shape index (κ3) is 2.79. The van der Waals surface area contributed by atoms with Gasteiger partial charge in [0.1, 0.15) is 0 Å². The maximum absolute atomic E-state index is 12.5. The monoisotopic (exact) mass is 350 g/mol. The molecule has 7 nitrogen and oxygen atoms in total. The van der Waals surface area contributed by atoms with Crippen LogP contribution in [0.4, 0.5) is 5.69 Å². The number of nitro groups is 1. The van der Waals surface area contributed by atoms with Crippen molar-refractivity contribution in [1.29, 1.82) is 0 Å². The molecule has 0 aliphatic carbocycles. The first-order chi connectivity index (χ1) is 12.1. The Morgan fingerprint density at radius 2 is 1.84 bits per heavy atom. The molecule has 25 heavy (non-hydrogen) atoms.